The van der Waals surface area contributed by atoms with Gasteiger partial charge in [-0.25, -0.2) is 0 Å². The van der Waals surface area contributed by atoms with Gasteiger partial charge in [0.05, 0.1) is 17.0 Å². The third kappa shape index (κ3) is 2.77. The molecule has 2 aromatic heterocycles. The fourth-order valence-corrected chi connectivity index (χ4v) is 4.56. The molecule has 0 saturated carbocycles. The molecule has 6 nitrogen and oxygen atoms in total. The highest BCUT2D eigenvalue weighted by atomic mass is 35.5. The van der Waals surface area contributed by atoms with Gasteiger partial charge in [-0.2, -0.15) is 0 Å². The minimum absolute atomic E-state index is 0.0342. The maximum Gasteiger partial charge on any atom is 0.297 e. The van der Waals surface area contributed by atoms with Crippen LogP contribution in [0.4, 0.5) is 5.13 Å². The lowest BCUT2D eigenvalue weighted by Crippen LogP contribution is -2.29. The summed E-state index contributed by atoms with van der Waals surface area (Å²) in [7, 11) is 0. The molecule has 8 heteroatoms. The summed E-state index contributed by atoms with van der Waals surface area (Å²) >= 11 is 7.43. The van der Waals surface area contributed by atoms with Crippen LogP contribution in [-0.2, 0) is 6.42 Å². The Morgan fingerprint density at radius 1 is 1.14 bits per heavy atom. The number of aryl methyl sites for hydroxylation is 1. The van der Waals surface area contributed by atoms with E-state index in [2.05, 4.69) is 10.2 Å². The van der Waals surface area contributed by atoms with Gasteiger partial charge < -0.3 is 4.42 Å². The lowest BCUT2D eigenvalue weighted by molar-refractivity contribution is 0.0970. The van der Waals surface area contributed by atoms with Gasteiger partial charge in [0.15, 0.2) is 5.43 Å². The molecule has 0 spiro atoms. The van der Waals surface area contributed by atoms with Gasteiger partial charge in [0, 0.05) is 5.02 Å². The molecule has 1 aliphatic rings. The second kappa shape index (κ2) is 6.79. The standard InChI is InChI=1S/C21H14ClN3O3S/c1-2-15-23-24-21(29-15)25-17(11-6-4-3-5-7-11)16-18(26)13-10-12(22)8-9-14(13)28-19(16)20(25)27/h3-10,17H,2H2,1H3. The molecule has 0 N–H and O–H groups in total. The number of halogens is 1. The van der Waals surface area contributed by atoms with E-state index in [4.69, 9.17) is 16.0 Å². The summed E-state index contributed by atoms with van der Waals surface area (Å²) in [5.41, 5.74) is 1.14. The van der Waals surface area contributed by atoms with Crippen molar-refractivity contribution >= 4 is 44.9 Å². The molecule has 1 unspecified atom stereocenters. The first-order valence-corrected chi connectivity index (χ1v) is 10.2. The maximum atomic E-state index is 13.4. The molecule has 1 aliphatic heterocycles. The number of fused-ring (bicyclic) bond motifs is 2. The summed E-state index contributed by atoms with van der Waals surface area (Å²) < 4.78 is 5.90. The predicted octanol–water partition coefficient (Wildman–Crippen LogP) is 4.61. The monoisotopic (exact) mass is 423 g/mol. The summed E-state index contributed by atoms with van der Waals surface area (Å²) in [5.74, 6) is -0.367. The summed E-state index contributed by atoms with van der Waals surface area (Å²) in [6.07, 6.45) is 0.711. The summed E-state index contributed by atoms with van der Waals surface area (Å²) in [4.78, 5) is 28.3. The highest BCUT2D eigenvalue weighted by molar-refractivity contribution is 7.15. The number of hydrogen-bond donors (Lipinski definition) is 0. The smallest absolute Gasteiger partial charge is 0.297 e. The normalized spacial score (nSPS) is 15.9. The van der Waals surface area contributed by atoms with Crippen LogP contribution < -0.4 is 10.3 Å². The first-order valence-electron chi connectivity index (χ1n) is 9.05. The van der Waals surface area contributed by atoms with E-state index in [1.165, 1.54) is 16.2 Å². The molecule has 29 heavy (non-hydrogen) atoms. The number of hydrogen-bond acceptors (Lipinski definition) is 6. The van der Waals surface area contributed by atoms with Crippen LogP contribution in [0.25, 0.3) is 11.0 Å². The first kappa shape index (κ1) is 18.0. The minimum Gasteiger partial charge on any atom is -0.450 e. The fraction of sp³-hybridized carbons (Fsp3) is 0.143. The number of amides is 1. The first-order chi connectivity index (χ1) is 14.1. The number of anilines is 1. The molecular formula is C21H14ClN3O3S. The van der Waals surface area contributed by atoms with Crippen LogP contribution in [0.1, 0.15) is 39.7 Å². The fourth-order valence-electron chi connectivity index (χ4n) is 3.58. The third-order valence-corrected chi connectivity index (χ3v) is 6.21. The van der Waals surface area contributed by atoms with Crippen molar-refractivity contribution in [3.8, 4) is 0 Å². The highest BCUT2D eigenvalue weighted by Gasteiger charge is 2.45. The largest absolute Gasteiger partial charge is 0.450 e. The number of aromatic nitrogens is 2. The van der Waals surface area contributed by atoms with Gasteiger partial charge >= 0.3 is 0 Å². The average molecular weight is 424 g/mol. The van der Waals surface area contributed by atoms with E-state index >= 15 is 0 Å². The van der Waals surface area contributed by atoms with Gasteiger partial charge in [-0.05, 0) is 30.2 Å². The van der Waals surface area contributed by atoms with Crippen LogP contribution in [0.5, 0.6) is 0 Å². The Morgan fingerprint density at radius 2 is 1.93 bits per heavy atom. The molecule has 5 rings (SSSR count). The molecule has 0 radical (unpaired) electrons. The van der Waals surface area contributed by atoms with E-state index in [9.17, 15) is 9.59 Å². The number of carbonyl (C=O) groups is 1. The molecule has 0 aliphatic carbocycles. The maximum absolute atomic E-state index is 13.4. The number of nitrogens with zero attached hydrogens (tertiary/aromatic N) is 3. The summed E-state index contributed by atoms with van der Waals surface area (Å²) in [5, 5.41) is 10.4. The number of rotatable bonds is 3. The van der Waals surface area contributed by atoms with E-state index in [0.717, 1.165) is 10.6 Å². The van der Waals surface area contributed by atoms with Crippen LogP contribution in [0, 0.1) is 0 Å². The van der Waals surface area contributed by atoms with E-state index in [1.807, 2.05) is 37.3 Å². The van der Waals surface area contributed by atoms with Crippen molar-refractivity contribution in [1.29, 1.82) is 0 Å². The minimum atomic E-state index is -0.643. The van der Waals surface area contributed by atoms with Crippen molar-refractivity contribution in [3.63, 3.8) is 0 Å². The summed E-state index contributed by atoms with van der Waals surface area (Å²) in [6, 6.07) is 13.5. The molecule has 1 amide bonds. The van der Waals surface area contributed by atoms with Crippen LogP contribution in [0.3, 0.4) is 0 Å². The van der Waals surface area contributed by atoms with Gasteiger partial charge in [-0.15, -0.1) is 10.2 Å². The lowest BCUT2D eigenvalue weighted by atomic mass is 9.99. The Kier molecular flexibility index (Phi) is 4.22. The molecular weight excluding hydrogens is 410 g/mol. The Balaban J connectivity index is 1.81. The Bertz CT molecular complexity index is 1320. The van der Waals surface area contributed by atoms with Gasteiger partial charge in [-0.1, -0.05) is 60.2 Å². The van der Waals surface area contributed by atoms with E-state index < -0.39 is 11.9 Å². The SMILES string of the molecule is CCc1nnc(N2C(=O)c3oc4ccc(Cl)cc4c(=O)c3C2c2ccccc2)s1. The van der Waals surface area contributed by atoms with Crippen molar-refractivity contribution in [2.45, 2.75) is 19.4 Å². The molecule has 144 valence electrons. The third-order valence-electron chi connectivity index (χ3n) is 4.91. The molecule has 0 saturated heterocycles. The number of benzene rings is 2. The highest BCUT2D eigenvalue weighted by Crippen LogP contribution is 2.42. The second-order valence-electron chi connectivity index (χ2n) is 6.63. The van der Waals surface area contributed by atoms with E-state index in [1.54, 1.807) is 18.2 Å². The van der Waals surface area contributed by atoms with Crippen molar-refractivity contribution in [1.82, 2.24) is 10.2 Å². The zero-order chi connectivity index (χ0) is 20.1. The Labute approximate surface area is 174 Å². The topological polar surface area (TPSA) is 76.3 Å². The van der Waals surface area contributed by atoms with Crippen LogP contribution in [-0.4, -0.2) is 16.1 Å². The van der Waals surface area contributed by atoms with Gasteiger partial charge in [0.25, 0.3) is 5.91 Å². The number of carbonyl (C=O) groups excluding carboxylic acids is 1. The predicted molar refractivity (Wildman–Crippen MR) is 112 cm³/mol. The van der Waals surface area contributed by atoms with Crippen LogP contribution >= 0.6 is 22.9 Å². The van der Waals surface area contributed by atoms with Gasteiger partial charge in [0.1, 0.15) is 10.6 Å². The second-order valence-corrected chi connectivity index (χ2v) is 8.11. The van der Waals surface area contributed by atoms with E-state index in [0.29, 0.717) is 33.1 Å². The van der Waals surface area contributed by atoms with E-state index in [-0.39, 0.29) is 11.2 Å². The Hall–Kier alpha value is -3.03. The quantitative estimate of drug-likeness (QED) is 0.481. The molecule has 1 atom stereocenters. The van der Waals surface area contributed by atoms with Crippen molar-refractivity contribution < 1.29 is 9.21 Å². The molecule has 2 aromatic carbocycles. The molecule has 0 bridgehead atoms. The van der Waals surface area contributed by atoms with Crippen molar-refractivity contribution in [3.05, 3.63) is 85.7 Å². The zero-order valence-corrected chi connectivity index (χ0v) is 16.8. The molecule has 3 heterocycles. The van der Waals surface area contributed by atoms with Gasteiger partial charge in [-0.3, -0.25) is 14.5 Å². The van der Waals surface area contributed by atoms with Crippen LogP contribution in [0.2, 0.25) is 5.02 Å². The van der Waals surface area contributed by atoms with Crippen LogP contribution in [0.15, 0.2) is 57.7 Å². The average Bonchev–Trinajstić information content (AvgIpc) is 3.32. The van der Waals surface area contributed by atoms with Crippen molar-refractivity contribution in [2.24, 2.45) is 0 Å². The molecule has 4 aromatic rings. The lowest BCUT2D eigenvalue weighted by Gasteiger charge is -2.21. The molecule has 0 fully saturated rings. The summed E-state index contributed by atoms with van der Waals surface area (Å²) in [6.45, 7) is 1.97. The Morgan fingerprint density at radius 3 is 2.66 bits per heavy atom. The zero-order valence-electron chi connectivity index (χ0n) is 15.3. The van der Waals surface area contributed by atoms with Crippen molar-refractivity contribution in [2.75, 3.05) is 4.90 Å². The van der Waals surface area contributed by atoms with Gasteiger partial charge in [0.2, 0.25) is 10.9 Å².